The highest BCUT2D eigenvalue weighted by Gasteiger charge is 2.06. The summed E-state index contributed by atoms with van der Waals surface area (Å²) in [4.78, 5) is 14.4. The van der Waals surface area contributed by atoms with Gasteiger partial charge in [0, 0.05) is 13.1 Å². The first-order valence-electron chi connectivity index (χ1n) is 6.70. The summed E-state index contributed by atoms with van der Waals surface area (Å²) in [7, 11) is 0. The summed E-state index contributed by atoms with van der Waals surface area (Å²) < 4.78 is 5.22. The van der Waals surface area contributed by atoms with Crippen molar-refractivity contribution >= 4 is 17.5 Å². The van der Waals surface area contributed by atoms with Crippen molar-refractivity contribution in [3.8, 4) is 6.01 Å². The number of aromatic nitrogens is 3. The quantitative estimate of drug-likeness (QED) is 0.750. The first kappa shape index (κ1) is 15.9. The standard InChI is InChI=1S/C12H22ClN5O/c1-4-8-18(5-2)9-7-14-11-15-10(13)16-12(17-11)19-6-3/h4-9H2,1-3H3,(H,14,15,16,17). The number of nitrogens with one attached hydrogen (secondary N) is 1. The fraction of sp³-hybridized carbons (Fsp3) is 0.750. The maximum absolute atomic E-state index is 5.81. The van der Waals surface area contributed by atoms with Crippen molar-refractivity contribution in [3.63, 3.8) is 0 Å². The molecule has 0 saturated carbocycles. The Morgan fingerprint density at radius 2 is 1.95 bits per heavy atom. The second kappa shape index (κ2) is 8.87. The second-order valence-corrected chi connectivity index (χ2v) is 4.34. The van der Waals surface area contributed by atoms with Gasteiger partial charge >= 0.3 is 6.01 Å². The molecule has 1 rings (SSSR count). The summed E-state index contributed by atoms with van der Waals surface area (Å²) in [6.07, 6.45) is 1.15. The van der Waals surface area contributed by atoms with E-state index in [2.05, 4.69) is 39.0 Å². The van der Waals surface area contributed by atoms with E-state index in [4.69, 9.17) is 16.3 Å². The Balaban J connectivity index is 2.48. The molecule has 1 aromatic heterocycles. The SMILES string of the molecule is CCCN(CC)CCNc1nc(Cl)nc(OCC)n1. The molecule has 108 valence electrons. The summed E-state index contributed by atoms with van der Waals surface area (Å²) in [5, 5.41) is 3.28. The number of hydrogen-bond acceptors (Lipinski definition) is 6. The van der Waals surface area contributed by atoms with Gasteiger partial charge in [-0.25, -0.2) is 0 Å². The van der Waals surface area contributed by atoms with Crippen molar-refractivity contribution in [1.82, 2.24) is 19.9 Å². The van der Waals surface area contributed by atoms with Crippen molar-refractivity contribution in [2.75, 3.05) is 38.1 Å². The number of likely N-dealkylation sites (N-methyl/N-ethyl adjacent to an activating group) is 1. The van der Waals surface area contributed by atoms with Crippen LogP contribution in [0.1, 0.15) is 27.2 Å². The number of halogens is 1. The van der Waals surface area contributed by atoms with Crippen LogP contribution in [0.25, 0.3) is 0 Å². The Labute approximate surface area is 119 Å². The molecule has 0 aliphatic carbocycles. The Hall–Kier alpha value is -1.14. The third kappa shape index (κ3) is 6.02. The van der Waals surface area contributed by atoms with Crippen molar-refractivity contribution in [2.24, 2.45) is 0 Å². The van der Waals surface area contributed by atoms with Crippen LogP contribution in [0.2, 0.25) is 5.28 Å². The van der Waals surface area contributed by atoms with Crippen LogP contribution < -0.4 is 10.1 Å². The molecule has 0 aromatic carbocycles. The molecule has 0 fully saturated rings. The van der Waals surface area contributed by atoms with Crippen molar-refractivity contribution in [2.45, 2.75) is 27.2 Å². The average Bonchev–Trinajstić information content (AvgIpc) is 2.37. The zero-order valence-corrected chi connectivity index (χ0v) is 12.6. The normalized spacial score (nSPS) is 10.8. The molecular formula is C12H22ClN5O. The third-order valence-corrected chi connectivity index (χ3v) is 2.73. The van der Waals surface area contributed by atoms with Crippen LogP contribution >= 0.6 is 11.6 Å². The molecule has 0 radical (unpaired) electrons. The van der Waals surface area contributed by atoms with Gasteiger partial charge in [-0.2, -0.15) is 15.0 Å². The molecule has 0 bridgehead atoms. The van der Waals surface area contributed by atoms with Crippen LogP contribution in [0.4, 0.5) is 5.95 Å². The highest BCUT2D eigenvalue weighted by molar-refractivity contribution is 6.28. The summed E-state index contributed by atoms with van der Waals surface area (Å²) in [5.41, 5.74) is 0. The molecule has 0 saturated heterocycles. The zero-order chi connectivity index (χ0) is 14.1. The van der Waals surface area contributed by atoms with E-state index in [-0.39, 0.29) is 11.3 Å². The van der Waals surface area contributed by atoms with Gasteiger partial charge in [0.05, 0.1) is 6.61 Å². The molecule has 0 spiro atoms. The predicted octanol–water partition coefficient (Wildman–Crippen LogP) is 2.07. The number of ether oxygens (including phenoxy) is 1. The lowest BCUT2D eigenvalue weighted by Crippen LogP contribution is -2.30. The summed E-state index contributed by atoms with van der Waals surface area (Å²) in [5.74, 6) is 0.455. The molecule has 19 heavy (non-hydrogen) atoms. The van der Waals surface area contributed by atoms with Crippen molar-refractivity contribution in [3.05, 3.63) is 5.28 Å². The molecule has 0 atom stereocenters. The van der Waals surface area contributed by atoms with Crippen LogP contribution in [0.15, 0.2) is 0 Å². The number of anilines is 1. The van der Waals surface area contributed by atoms with E-state index in [0.717, 1.165) is 32.6 Å². The van der Waals surface area contributed by atoms with Gasteiger partial charge in [-0.05, 0) is 38.0 Å². The lowest BCUT2D eigenvalue weighted by atomic mass is 10.4. The molecule has 1 heterocycles. The smallest absolute Gasteiger partial charge is 0.322 e. The van der Waals surface area contributed by atoms with E-state index in [9.17, 15) is 0 Å². The van der Waals surface area contributed by atoms with Gasteiger partial charge in [-0.1, -0.05) is 13.8 Å². The Morgan fingerprint density at radius 3 is 2.58 bits per heavy atom. The second-order valence-electron chi connectivity index (χ2n) is 4.00. The number of nitrogens with zero attached hydrogens (tertiary/aromatic N) is 4. The van der Waals surface area contributed by atoms with Crippen LogP contribution in [0.5, 0.6) is 6.01 Å². The van der Waals surface area contributed by atoms with Gasteiger partial charge in [0.2, 0.25) is 11.2 Å². The zero-order valence-electron chi connectivity index (χ0n) is 11.8. The molecule has 0 unspecified atom stereocenters. The topological polar surface area (TPSA) is 63.2 Å². The number of hydrogen-bond donors (Lipinski definition) is 1. The highest BCUT2D eigenvalue weighted by Crippen LogP contribution is 2.10. The van der Waals surface area contributed by atoms with Crippen LogP contribution in [0.3, 0.4) is 0 Å². The van der Waals surface area contributed by atoms with E-state index < -0.39 is 0 Å². The molecule has 0 aliphatic rings. The first-order chi connectivity index (χ1) is 9.19. The molecule has 1 aromatic rings. The van der Waals surface area contributed by atoms with E-state index in [1.807, 2.05) is 6.92 Å². The Kier molecular flexibility index (Phi) is 7.43. The minimum atomic E-state index is 0.141. The fourth-order valence-corrected chi connectivity index (χ4v) is 1.83. The average molecular weight is 288 g/mol. The Bertz CT molecular complexity index is 377. The van der Waals surface area contributed by atoms with Crippen LogP contribution in [0, 0.1) is 0 Å². The van der Waals surface area contributed by atoms with E-state index in [0.29, 0.717) is 12.6 Å². The third-order valence-electron chi connectivity index (χ3n) is 2.56. The first-order valence-corrected chi connectivity index (χ1v) is 7.07. The largest absolute Gasteiger partial charge is 0.464 e. The minimum absolute atomic E-state index is 0.141. The van der Waals surface area contributed by atoms with E-state index in [1.165, 1.54) is 0 Å². The molecule has 0 amide bonds. The van der Waals surface area contributed by atoms with E-state index >= 15 is 0 Å². The molecule has 0 aliphatic heterocycles. The summed E-state index contributed by atoms with van der Waals surface area (Å²) in [6.45, 7) is 10.5. The van der Waals surface area contributed by atoms with Gasteiger partial charge in [-0.15, -0.1) is 0 Å². The minimum Gasteiger partial charge on any atom is -0.464 e. The monoisotopic (exact) mass is 287 g/mol. The van der Waals surface area contributed by atoms with Gasteiger partial charge in [0.15, 0.2) is 0 Å². The van der Waals surface area contributed by atoms with Crippen LogP contribution in [-0.4, -0.2) is 52.6 Å². The van der Waals surface area contributed by atoms with Gasteiger partial charge < -0.3 is 15.0 Å². The number of rotatable bonds is 9. The van der Waals surface area contributed by atoms with Crippen LogP contribution in [-0.2, 0) is 0 Å². The predicted molar refractivity (Wildman–Crippen MR) is 76.9 cm³/mol. The highest BCUT2D eigenvalue weighted by atomic mass is 35.5. The van der Waals surface area contributed by atoms with E-state index in [1.54, 1.807) is 0 Å². The molecule has 1 N–H and O–H groups in total. The van der Waals surface area contributed by atoms with Gasteiger partial charge in [-0.3, -0.25) is 0 Å². The summed E-state index contributed by atoms with van der Waals surface area (Å²) >= 11 is 5.81. The maximum atomic E-state index is 5.81. The van der Waals surface area contributed by atoms with Crippen molar-refractivity contribution < 1.29 is 4.74 Å². The van der Waals surface area contributed by atoms with Gasteiger partial charge in [0.1, 0.15) is 0 Å². The lowest BCUT2D eigenvalue weighted by molar-refractivity contribution is 0.299. The summed E-state index contributed by atoms with van der Waals surface area (Å²) in [6, 6.07) is 0.255. The molecular weight excluding hydrogens is 266 g/mol. The molecule has 7 heteroatoms. The lowest BCUT2D eigenvalue weighted by Gasteiger charge is -2.19. The van der Waals surface area contributed by atoms with Crippen molar-refractivity contribution in [1.29, 1.82) is 0 Å². The molecule has 6 nitrogen and oxygen atoms in total. The maximum Gasteiger partial charge on any atom is 0.322 e. The Morgan fingerprint density at radius 1 is 1.16 bits per heavy atom. The fourth-order valence-electron chi connectivity index (χ4n) is 1.67. The van der Waals surface area contributed by atoms with Gasteiger partial charge in [0.25, 0.3) is 0 Å².